The van der Waals surface area contributed by atoms with Crippen molar-refractivity contribution in [3.05, 3.63) is 36.0 Å². The van der Waals surface area contributed by atoms with E-state index in [9.17, 15) is 9.59 Å². The van der Waals surface area contributed by atoms with Crippen molar-refractivity contribution in [2.24, 2.45) is 5.92 Å². The Morgan fingerprint density at radius 1 is 1.32 bits per heavy atom. The summed E-state index contributed by atoms with van der Waals surface area (Å²) in [4.78, 5) is 25.0. The Morgan fingerprint density at radius 3 is 2.80 bits per heavy atom. The van der Waals surface area contributed by atoms with Crippen LogP contribution in [-0.4, -0.2) is 21.6 Å². The van der Waals surface area contributed by atoms with Crippen molar-refractivity contribution >= 4 is 17.5 Å². The Kier molecular flexibility index (Phi) is 5.53. The van der Waals surface area contributed by atoms with Crippen molar-refractivity contribution < 1.29 is 14.0 Å². The molecule has 2 N–H and O–H groups in total. The van der Waals surface area contributed by atoms with Crippen LogP contribution < -0.4 is 10.6 Å². The van der Waals surface area contributed by atoms with Gasteiger partial charge in [-0.3, -0.25) is 14.3 Å². The van der Waals surface area contributed by atoms with Crippen LogP contribution in [0.5, 0.6) is 0 Å². The first-order chi connectivity index (χ1) is 12.2. The molecule has 2 heterocycles. The van der Waals surface area contributed by atoms with Gasteiger partial charge in [0.15, 0.2) is 5.69 Å². The molecule has 1 aliphatic rings. The van der Waals surface area contributed by atoms with E-state index in [-0.39, 0.29) is 30.0 Å². The van der Waals surface area contributed by atoms with Crippen LogP contribution in [0.15, 0.2) is 29.0 Å². The van der Waals surface area contributed by atoms with E-state index in [2.05, 4.69) is 15.7 Å². The Hall–Kier alpha value is -2.57. The van der Waals surface area contributed by atoms with E-state index in [1.165, 1.54) is 6.42 Å². The van der Waals surface area contributed by atoms with E-state index in [0.717, 1.165) is 25.7 Å². The van der Waals surface area contributed by atoms with Crippen LogP contribution in [0.4, 0.5) is 5.69 Å². The first-order valence-corrected chi connectivity index (χ1v) is 8.86. The molecule has 7 nitrogen and oxygen atoms in total. The normalized spacial score (nSPS) is 15.1. The fourth-order valence-corrected chi connectivity index (χ4v) is 3.11. The molecule has 0 spiro atoms. The minimum absolute atomic E-state index is 0.0181. The van der Waals surface area contributed by atoms with Crippen molar-refractivity contribution in [1.29, 1.82) is 0 Å². The number of anilines is 1. The number of hydrogen-bond donors (Lipinski definition) is 2. The average molecular weight is 344 g/mol. The summed E-state index contributed by atoms with van der Waals surface area (Å²) in [6, 6.07) is 3.56. The van der Waals surface area contributed by atoms with Crippen LogP contribution in [-0.2, 0) is 17.9 Å². The van der Waals surface area contributed by atoms with Crippen molar-refractivity contribution in [2.75, 3.05) is 5.32 Å². The maximum Gasteiger partial charge on any atom is 0.274 e. The van der Waals surface area contributed by atoms with Crippen LogP contribution in [0.3, 0.4) is 0 Å². The number of hydrogen-bond acceptors (Lipinski definition) is 4. The lowest BCUT2D eigenvalue weighted by molar-refractivity contribution is -0.120. The molecule has 0 saturated heterocycles. The number of nitrogens with one attached hydrogen (secondary N) is 2. The monoisotopic (exact) mass is 344 g/mol. The molecule has 1 aliphatic carbocycles. The Morgan fingerprint density at radius 2 is 2.12 bits per heavy atom. The van der Waals surface area contributed by atoms with E-state index < -0.39 is 0 Å². The second-order valence-corrected chi connectivity index (χ2v) is 6.33. The number of furan rings is 1. The molecule has 134 valence electrons. The van der Waals surface area contributed by atoms with Crippen LogP contribution in [0.25, 0.3) is 0 Å². The third kappa shape index (κ3) is 4.29. The quantitative estimate of drug-likeness (QED) is 0.843. The predicted octanol–water partition coefficient (Wildman–Crippen LogP) is 2.94. The van der Waals surface area contributed by atoms with Crippen molar-refractivity contribution in [3.63, 3.8) is 0 Å². The SMILES string of the molecule is CCn1cc(NC(=O)C2CCCCC2)c(C(=O)NCc2ccco2)n1. The number of amides is 2. The van der Waals surface area contributed by atoms with E-state index in [4.69, 9.17) is 4.42 Å². The zero-order valence-electron chi connectivity index (χ0n) is 14.5. The van der Waals surface area contributed by atoms with Crippen molar-refractivity contribution in [3.8, 4) is 0 Å². The number of nitrogens with zero attached hydrogens (tertiary/aromatic N) is 2. The van der Waals surface area contributed by atoms with Gasteiger partial charge in [-0.2, -0.15) is 5.10 Å². The van der Waals surface area contributed by atoms with Gasteiger partial charge in [-0.1, -0.05) is 19.3 Å². The topological polar surface area (TPSA) is 89.2 Å². The first-order valence-electron chi connectivity index (χ1n) is 8.86. The fourth-order valence-electron chi connectivity index (χ4n) is 3.11. The molecule has 2 aromatic rings. The molecule has 1 fully saturated rings. The second-order valence-electron chi connectivity index (χ2n) is 6.33. The van der Waals surface area contributed by atoms with E-state index in [0.29, 0.717) is 18.0 Å². The number of aromatic nitrogens is 2. The van der Waals surface area contributed by atoms with Gasteiger partial charge in [0, 0.05) is 18.7 Å². The molecular formula is C18H24N4O3. The fraction of sp³-hybridized carbons (Fsp3) is 0.500. The predicted molar refractivity (Wildman–Crippen MR) is 93.0 cm³/mol. The van der Waals surface area contributed by atoms with E-state index in [1.807, 2.05) is 6.92 Å². The molecule has 0 unspecified atom stereocenters. The highest BCUT2D eigenvalue weighted by molar-refractivity contribution is 6.02. The van der Waals surface area contributed by atoms with Gasteiger partial charge in [-0.15, -0.1) is 0 Å². The molecule has 0 atom stereocenters. The average Bonchev–Trinajstić information content (AvgIpc) is 3.30. The lowest BCUT2D eigenvalue weighted by Crippen LogP contribution is -2.27. The van der Waals surface area contributed by atoms with Gasteiger partial charge in [-0.25, -0.2) is 0 Å². The summed E-state index contributed by atoms with van der Waals surface area (Å²) in [7, 11) is 0. The Labute approximate surface area is 146 Å². The van der Waals surface area contributed by atoms with Gasteiger partial charge in [0.25, 0.3) is 5.91 Å². The number of carbonyl (C=O) groups is 2. The minimum Gasteiger partial charge on any atom is -0.467 e. The molecule has 0 radical (unpaired) electrons. The molecule has 2 aromatic heterocycles. The van der Waals surface area contributed by atoms with Crippen LogP contribution in [0.2, 0.25) is 0 Å². The molecule has 0 aromatic carbocycles. The summed E-state index contributed by atoms with van der Waals surface area (Å²) in [6.45, 7) is 2.84. The molecule has 1 saturated carbocycles. The molecule has 0 bridgehead atoms. The standard InChI is InChI=1S/C18H24N4O3/c1-2-22-12-15(20-17(23)13-7-4-3-5-8-13)16(21-22)18(24)19-11-14-9-6-10-25-14/h6,9-10,12-13H,2-5,7-8,11H2,1H3,(H,19,24)(H,20,23). The number of carbonyl (C=O) groups excluding carboxylic acids is 2. The van der Waals surface area contributed by atoms with Crippen molar-refractivity contribution in [1.82, 2.24) is 15.1 Å². The first kappa shape index (κ1) is 17.3. The molecular weight excluding hydrogens is 320 g/mol. The molecule has 3 rings (SSSR count). The van der Waals surface area contributed by atoms with E-state index >= 15 is 0 Å². The van der Waals surface area contributed by atoms with Gasteiger partial charge in [0.05, 0.1) is 18.5 Å². The van der Waals surface area contributed by atoms with Gasteiger partial charge >= 0.3 is 0 Å². The van der Waals surface area contributed by atoms with E-state index in [1.54, 1.807) is 29.3 Å². The summed E-state index contributed by atoms with van der Waals surface area (Å²) in [5.41, 5.74) is 0.701. The highest BCUT2D eigenvalue weighted by Gasteiger charge is 2.24. The van der Waals surface area contributed by atoms with Crippen LogP contribution in [0.1, 0.15) is 55.3 Å². The minimum atomic E-state index is -0.331. The molecule has 2 amide bonds. The molecule has 7 heteroatoms. The third-order valence-electron chi connectivity index (χ3n) is 4.54. The van der Waals surface area contributed by atoms with Gasteiger partial charge in [0.1, 0.15) is 5.76 Å². The Balaban J connectivity index is 1.68. The van der Waals surface area contributed by atoms with Gasteiger partial charge < -0.3 is 15.1 Å². The summed E-state index contributed by atoms with van der Waals surface area (Å²) in [5, 5.41) is 9.96. The lowest BCUT2D eigenvalue weighted by atomic mass is 9.88. The van der Waals surface area contributed by atoms with Gasteiger partial charge in [-0.05, 0) is 31.9 Å². The maximum atomic E-state index is 12.5. The number of aryl methyl sites for hydroxylation is 1. The number of rotatable bonds is 6. The van der Waals surface area contributed by atoms with Crippen molar-refractivity contribution in [2.45, 2.75) is 52.1 Å². The Bertz CT molecular complexity index is 715. The second kappa shape index (κ2) is 8.00. The molecule has 25 heavy (non-hydrogen) atoms. The summed E-state index contributed by atoms with van der Waals surface area (Å²) < 4.78 is 6.86. The van der Waals surface area contributed by atoms with Gasteiger partial charge in [0.2, 0.25) is 5.91 Å². The maximum absolute atomic E-state index is 12.5. The molecule has 0 aliphatic heterocycles. The van der Waals surface area contributed by atoms with Crippen LogP contribution in [0, 0.1) is 5.92 Å². The largest absolute Gasteiger partial charge is 0.467 e. The summed E-state index contributed by atoms with van der Waals surface area (Å²) >= 11 is 0. The summed E-state index contributed by atoms with van der Waals surface area (Å²) in [6.07, 6.45) is 8.46. The highest BCUT2D eigenvalue weighted by Crippen LogP contribution is 2.25. The smallest absolute Gasteiger partial charge is 0.274 e. The third-order valence-corrected chi connectivity index (χ3v) is 4.54. The van der Waals surface area contributed by atoms with Crippen LogP contribution >= 0.6 is 0 Å². The zero-order chi connectivity index (χ0) is 17.6. The zero-order valence-corrected chi connectivity index (χ0v) is 14.5. The summed E-state index contributed by atoms with van der Waals surface area (Å²) in [5.74, 6) is 0.340. The lowest BCUT2D eigenvalue weighted by Gasteiger charge is -2.20. The highest BCUT2D eigenvalue weighted by atomic mass is 16.3.